The number of carbonyl (C=O) groups excluding carboxylic acids is 1. The average Bonchev–Trinajstić information content (AvgIpc) is 2.37. The maximum absolute atomic E-state index is 11.7. The molecular formula is C10H17Cl3N4O2S. The van der Waals surface area contributed by atoms with Gasteiger partial charge in [-0.3, -0.25) is 0 Å². The number of alkyl halides is 3. The summed E-state index contributed by atoms with van der Waals surface area (Å²) in [7, 11) is 3.18. The van der Waals surface area contributed by atoms with Crippen LogP contribution in [-0.4, -0.2) is 71.3 Å². The largest absolute Gasteiger partial charge is 0.378 e. The first-order chi connectivity index (χ1) is 9.21. The number of rotatable bonds is 2. The fourth-order valence-corrected chi connectivity index (χ4v) is 2.06. The number of thiocarbonyl (C=S) groups is 1. The van der Waals surface area contributed by atoms with Crippen LogP contribution in [0, 0.1) is 0 Å². The average molecular weight is 364 g/mol. The minimum atomic E-state index is -1.73. The molecule has 0 spiro atoms. The lowest BCUT2D eigenvalue weighted by molar-refractivity contribution is 0.0673. The maximum atomic E-state index is 11.7. The summed E-state index contributed by atoms with van der Waals surface area (Å²) in [5.41, 5.74) is 0. The first-order valence-electron chi connectivity index (χ1n) is 5.89. The standard InChI is InChI=1S/C10H17Cl3N4O2S/c1-16(2)8(18)14-7(10(11,12)13)15-9(20)17-3-5-19-6-4-17/h7H,3-6H2,1-2H3,(H,14,18)(H,15,20)/t7-/m1/s1. The van der Waals surface area contributed by atoms with E-state index in [0.29, 0.717) is 31.4 Å². The topological polar surface area (TPSA) is 56.8 Å². The quantitative estimate of drug-likeness (QED) is 0.438. The van der Waals surface area contributed by atoms with Crippen LogP contribution in [0.1, 0.15) is 0 Å². The van der Waals surface area contributed by atoms with Crippen LogP contribution in [0.3, 0.4) is 0 Å². The second-order valence-electron chi connectivity index (χ2n) is 4.37. The van der Waals surface area contributed by atoms with Gasteiger partial charge in [0.05, 0.1) is 13.2 Å². The summed E-state index contributed by atoms with van der Waals surface area (Å²) < 4.78 is 3.50. The Hall–Kier alpha value is -0.210. The van der Waals surface area contributed by atoms with E-state index in [4.69, 9.17) is 51.8 Å². The molecule has 1 atom stereocenters. The summed E-state index contributed by atoms with van der Waals surface area (Å²) >= 11 is 22.8. The molecule has 0 saturated carbocycles. The van der Waals surface area contributed by atoms with Gasteiger partial charge in [0.2, 0.25) is 3.79 Å². The third-order valence-electron chi connectivity index (χ3n) is 2.57. The number of ether oxygens (including phenoxy) is 1. The second-order valence-corrected chi connectivity index (χ2v) is 7.12. The fraction of sp³-hybridized carbons (Fsp3) is 0.800. The molecule has 2 N–H and O–H groups in total. The van der Waals surface area contributed by atoms with Crippen LogP contribution < -0.4 is 10.6 Å². The molecule has 0 aliphatic carbocycles. The van der Waals surface area contributed by atoms with Gasteiger partial charge in [-0.25, -0.2) is 4.79 Å². The lowest BCUT2D eigenvalue weighted by Gasteiger charge is -2.34. The lowest BCUT2D eigenvalue weighted by atomic mass is 10.4. The smallest absolute Gasteiger partial charge is 0.318 e. The van der Waals surface area contributed by atoms with E-state index in [-0.39, 0.29) is 0 Å². The van der Waals surface area contributed by atoms with Crippen LogP contribution in [0.5, 0.6) is 0 Å². The predicted octanol–water partition coefficient (Wildman–Crippen LogP) is 1.16. The van der Waals surface area contributed by atoms with Gasteiger partial charge >= 0.3 is 6.03 Å². The first-order valence-corrected chi connectivity index (χ1v) is 7.43. The Balaban J connectivity index is 2.64. The summed E-state index contributed by atoms with van der Waals surface area (Å²) in [6.07, 6.45) is -0.933. The Labute approximate surface area is 138 Å². The number of halogens is 3. The van der Waals surface area contributed by atoms with Gasteiger partial charge in [-0.1, -0.05) is 34.8 Å². The number of hydrogen-bond donors (Lipinski definition) is 2. The van der Waals surface area contributed by atoms with Crippen LogP contribution in [0.4, 0.5) is 4.79 Å². The molecule has 1 aliphatic rings. The molecule has 0 radical (unpaired) electrons. The van der Waals surface area contributed by atoms with Gasteiger partial charge in [-0.15, -0.1) is 0 Å². The zero-order valence-electron chi connectivity index (χ0n) is 11.2. The molecule has 1 heterocycles. The van der Waals surface area contributed by atoms with Crippen molar-refractivity contribution >= 4 is 58.2 Å². The Morgan fingerprint density at radius 2 is 1.85 bits per heavy atom. The number of nitrogens with one attached hydrogen (secondary N) is 2. The summed E-state index contributed by atoms with van der Waals surface area (Å²) in [5, 5.41) is 5.83. The molecule has 1 aliphatic heterocycles. The zero-order chi connectivity index (χ0) is 15.3. The number of urea groups is 1. The number of hydrogen-bond acceptors (Lipinski definition) is 3. The van der Waals surface area contributed by atoms with E-state index in [1.54, 1.807) is 14.1 Å². The van der Waals surface area contributed by atoms with Crippen LogP contribution in [0.25, 0.3) is 0 Å². The number of carbonyl (C=O) groups is 1. The van der Waals surface area contributed by atoms with Crippen molar-refractivity contribution in [2.45, 2.75) is 9.96 Å². The fourth-order valence-electron chi connectivity index (χ4n) is 1.43. The molecule has 0 aromatic carbocycles. The van der Waals surface area contributed by atoms with Crippen LogP contribution in [-0.2, 0) is 4.74 Å². The third-order valence-corrected chi connectivity index (χ3v) is 3.60. The molecule has 6 nitrogen and oxygen atoms in total. The highest BCUT2D eigenvalue weighted by Gasteiger charge is 2.35. The van der Waals surface area contributed by atoms with E-state index in [1.807, 2.05) is 4.90 Å². The van der Waals surface area contributed by atoms with Gasteiger partial charge in [0.15, 0.2) is 11.3 Å². The molecule has 0 bridgehead atoms. The third kappa shape index (κ3) is 5.65. The highest BCUT2D eigenvalue weighted by molar-refractivity contribution is 7.80. The van der Waals surface area contributed by atoms with Crippen molar-refractivity contribution in [3.63, 3.8) is 0 Å². The Bertz CT molecular complexity index is 359. The van der Waals surface area contributed by atoms with Gasteiger partial charge in [0, 0.05) is 27.2 Å². The van der Waals surface area contributed by atoms with E-state index in [0.717, 1.165) is 0 Å². The molecule has 2 amide bonds. The summed E-state index contributed by atoms with van der Waals surface area (Å²) in [6, 6.07) is -0.390. The van der Waals surface area contributed by atoms with Gasteiger partial charge in [-0.2, -0.15) is 0 Å². The molecule has 1 fully saturated rings. The van der Waals surface area contributed by atoms with Gasteiger partial charge < -0.3 is 25.2 Å². The Kier molecular flexibility index (Phi) is 6.87. The molecular weight excluding hydrogens is 347 g/mol. The molecule has 1 saturated heterocycles. The molecule has 0 unspecified atom stereocenters. The van der Waals surface area contributed by atoms with Gasteiger partial charge in [0.1, 0.15) is 0 Å². The van der Waals surface area contributed by atoms with Gasteiger partial charge in [-0.05, 0) is 12.2 Å². The Morgan fingerprint density at radius 3 is 2.30 bits per heavy atom. The van der Waals surface area contributed by atoms with Crippen LogP contribution in [0.2, 0.25) is 0 Å². The van der Waals surface area contributed by atoms with E-state index in [9.17, 15) is 4.79 Å². The molecule has 0 aromatic heterocycles. The molecule has 10 heteroatoms. The van der Waals surface area contributed by atoms with Crippen molar-refractivity contribution in [1.82, 2.24) is 20.4 Å². The monoisotopic (exact) mass is 362 g/mol. The molecule has 20 heavy (non-hydrogen) atoms. The maximum Gasteiger partial charge on any atom is 0.318 e. The van der Waals surface area contributed by atoms with Crippen LogP contribution >= 0.6 is 47.0 Å². The van der Waals surface area contributed by atoms with Crippen molar-refractivity contribution in [3.05, 3.63) is 0 Å². The van der Waals surface area contributed by atoms with E-state index >= 15 is 0 Å². The summed E-state index contributed by atoms with van der Waals surface area (Å²) in [5.74, 6) is 0. The van der Waals surface area contributed by atoms with Crippen molar-refractivity contribution in [2.75, 3.05) is 40.4 Å². The van der Waals surface area contributed by atoms with Crippen molar-refractivity contribution in [1.29, 1.82) is 0 Å². The molecule has 1 rings (SSSR count). The second kappa shape index (κ2) is 7.70. The first kappa shape index (κ1) is 17.8. The Morgan fingerprint density at radius 1 is 1.30 bits per heavy atom. The summed E-state index contributed by atoms with van der Waals surface area (Å²) in [4.78, 5) is 14.9. The highest BCUT2D eigenvalue weighted by atomic mass is 35.6. The van der Waals surface area contributed by atoms with Crippen molar-refractivity contribution < 1.29 is 9.53 Å². The summed E-state index contributed by atoms with van der Waals surface area (Å²) in [6.45, 7) is 2.48. The van der Waals surface area contributed by atoms with Crippen LogP contribution in [0.15, 0.2) is 0 Å². The normalized spacial score (nSPS) is 17.4. The SMILES string of the molecule is CN(C)C(=O)N[C@H](NC(=S)N1CCOCC1)C(Cl)(Cl)Cl. The van der Waals surface area contributed by atoms with E-state index in [1.165, 1.54) is 4.90 Å². The zero-order valence-corrected chi connectivity index (χ0v) is 14.2. The molecule has 116 valence electrons. The van der Waals surface area contributed by atoms with E-state index in [2.05, 4.69) is 10.6 Å². The highest BCUT2D eigenvalue weighted by Crippen LogP contribution is 2.29. The van der Waals surface area contributed by atoms with Crippen molar-refractivity contribution in [3.8, 4) is 0 Å². The minimum Gasteiger partial charge on any atom is -0.378 e. The van der Waals surface area contributed by atoms with E-state index < -0.39 is 16.0 Å². The number of nitrogens with zero attached hydrogens (tertiary/aromatic N) is 2. The minimum absolute atomic E-state index is 0.390. The molecule has 0 aromatic rings. The number of amides is 2. The lowest BCUT2D eigenvalue weighted by Crippen LogP contribution is -2.60. The van der Waals surface area contributed by atoms with Gasteiger partial charge in [0.25, 0.3) is 0 Å². The number of morpholine rings is 1. The predicted molar refractivity (Wildman–Crippen MR) is 84.4 cm³/mol. The van der Waals surface area contributed by atoms with Crippen molar-refractivity contribution in [2.24, 2.45) is 0 Å².